The predicted molar refractivity (Wildman–Crippen MR) is 49.8 cm³/mol. The SMILES string of the molecule is CC(=O)OC(Br)c1cccc(F)c1. The summed E-state index contributed by atoms with van der Waals surface area (Å²) in [4.78, 5) is 10.6. The minimum absolute atomic E-state index is 0.353. The smallest absolute Gasteiger partial charge is 0.304 e. The van der Waals surface area contributed by atoms with Crippen molar-refractivity contribution in [3.05, 3.63) is 35.6 Å². The highest BCUT2D eigenvalue weighted by atomic mass is 79.9. The van der Waals surface area contributed by atoms with Crippen molar-refractivity contribution >= 4 is 21.9 Å². The van der Waals surface area contributed by atoms with E-state index in [1.165, 1.54) is 19.1 Å². The molecule has 0 heterocycles. The van der Waals surface area contributed by atoms with Gasteiger partial charge < -0.3 is 4.74 Å². The molecule has 1 unspecified atom stereocenters. The molecule has 70 valence electrons. The molecule has 4 heteroatoms. The lowest BCUT2D eigenvalue weighted by atomic mass is 10.2. The Labute approximate surface area is 83.8 Å². The summed E-state index contributed by atoms with van der Waals surface area (Å²) in [5, 5.41) is -0.583. The number of carbonyl (C=O) groups excluding carboxylic acids is 1. The van der Waals surface area contributed by atoms with Crippen LogP contribution in [0.25, 0.3) is 0 Å². The van der Waals surface area contributed by atoms with E-state index in [1.54, 1.807) is 12.1 Å². The van der Waals surface area contributed by atoms with E-state index >= 15 is 0 Å². The van der Waals surface area contributed by atoms with Crippen molar-refractivity contribution in [2.75, 3.05) is 0 Å². The average Bonchev–Trinajstić information content (AvgIpc) is 2.03. The van der Waals surface area contributed by atoms with Gasteiger partial charge in [0.25, 0.3) is 0 Å². The number of ether oxygens (including phenoxy) is 1. The molecule has 0 bridgehead atoms. The molecule has 0 saturated carbocycles. The highest BCUT2D eigenvalue weighted by molar-refractivity contribution is 9.09. The minimum Gasteiger partial charge on any atom is -0.446 e. The summed E-state index contributed by atoms with van der Waals surface area (Å²) < 4.78 is 17.5. The highest BCUT2D eigenvalue weighted by Crippen LogP contribution is 2.24. The van der Waals surface area contributed by atoms with Crippen LogP contribution in [0.1, 0.15) is 17.5 Å². The van der Waals surface area contributed by atoms with Gasteiger partial charge >= 0.3 is 5.97 Å². The van der Waals surface area contributed by atoms with Crippen LogP contribution in [0.5, 0.6) is 0 Å². The van der Waals surface area contributed by atoms with Gasteiger partial charge in [0, 0.05) is 12.5 Å². The lowest BCUT2D eigenvalue weighted by Gasteiger charge is -2.09. The van der Waals surface area contributed by atoms with Crippen molar-refractivity contribution in [2.45, 2.75) is 11.9 Å². The number of esters is 1. The summed E-state index contributed by atoms with van der Waals surface area (Å²) in [6, 6.07) is 5.87. The molecule has 1 aromatic carbocycles. The maximum absolute atomic E-state index is 12.7. The first kappa shape index (κ1) is 10.2. The van der Waals surface area contributed by atoms with Crippen molar-refractivity contribution in [1.82, 2.24) is 0 Å². The van der Waals surface area contributed by atoms with E-state index in [1.807, 2.05) is 0 Å². The van der Waals surface area contributed by atoms with Gasteiger partial charge in [-0.2, -0.15) is 0 Å². The van der Waals surface area contributed by atoms with Crippen molar-refractivity contribution in [2.24, 2.45) is 0 Å². The van der Waals surface area contributed by atoms with Crippen molar-refractivity contribution < 1.29 is 13.9 Å². The third-order valence-electron chi connectivity index (χ3n) is 1.38. The number of halogens is 2. The second kappa shape index (κ2) is 4.37. The lowest BCUT2D eigenvalue weighted by Crippen LogP contribution is -2.02. The van der Waals surface area contributed by atoms with E-state index in [9.17, 15) is 9.18 Å². The summed E-state index contributed by atoms with van der Waals surface area (Å²) in [5.74, 6) is -0.764. The van der Waals surface area contributed by atoms with Crippen LogP contribution < -0.4 is 0 Å². The first-order valence-corrected chi connectivity index (χ1v) is 4.58. The van der Waals surface area contributed by atoms with Crippen LogP contribution >= 0.6 is 15.9 Å². The fourth-order valence-electron chi connectivity index (χ4n) is 0.862. The zero-order chi connectivity index (χ0) is 9.84. The lowest BCUT2D eigenvalue weighted by molar-refractivity contribution is -0.142. The van der Waals surface area contributed by atoms with E-state index in [2.05, 4.69) is 15.9 Å². The number of hydrogen-bond acceptors (Lipinski definition) is 2. The standard InChI is InChI=1S/C9H8BrFO2/c1-6(12)13-9(10)7-3-2-4-8(11)5-7/h2-5,9H,1H3. The first-order valence-electron chi connectivity index (χ1n) is 3.66. The van der Waals surface area contributed by atoms with Crippen LogP contribution in [0.15, 0.2) is 24.3 Å². The van der Waals surface area contributed by atoms with Crippen LogP contribution in [-0.2, 0) is 9.53 Å². The Bertz CT molecular complexity index is 314. The zero-order valence-corrected chi connectivity index (χ0v) is 8.55. The molecule has 1 atom stereocenters. The summed E-state index contributed by atoms with van der Waals surface area (Å²) in [5.41, 5.74) is 0.579. The predicted octanol–water partition coefficient (Wildman–Crippen LogP) is 2.78. The molecule has 0 aliphatic heterocycles. The van der Waals surface area contributed by atoms with Gasteiger partial charge in [-0.25, -0.2) is 4.39 Å². The molecule has 1 aromatic rings. The molecule has 0 aliphatic carbocycles. The number of carbonyl (C=O) groups is 1. The van der Waals surface area contributed by atoms with E-state index in [4.69, 9.17) is 4.74 Å². The normalized spacial score (nSPS) is 12.2. The molecular formula is C9H8BrFO2. The Balaban J connectivity index is 2.76. The molecule has 0 fully saturated rings. The third-order valence-corrected chi connectivity index (χ3v) is 2.10. The number of hydrogen-bond donors (Lipinski definition) is 0. The largest absolute Gasteiger partial charge is 0.446 e. The Morgan fingerprint density at radius 1 is 1.62 bits per heavy atom. The van der Waals surface area contributed by atoms with Gasteiger partial charge in [0.1, 0.15) is 5.82 Å². The molecule has 0 amide bonds. The maximum Gasteiger partial charge on any atom is 0.304 e. The van der Waals surface area contributed by atoms with Crippen LogP contribution in [0.4, 0.5) is 4.39 Å². The van der Waals surface area contributed by atoms with Gasteiger partial charge in [0.2, 0.25) is 0 Å². The van der Waals surface area contributed by atoms with Crippen molar-refractivity contribution in [3.8, 4) is 0 Å². The van der Waals surface area contributed by atoms with Gasteiger partial charge in [0.15, 0.2) is 5.01 Å². The quantitative estimate of drug-likeness (QED) is 0.593. The van der Waals surface area contributed by atoms with Gasteiger partial charge in [-0.15, -0.1) is 0 Å². The Morgan fingerprint density at radius 3 is 2.85 bits per heavy atom. The van der Waals surface area contributed by atoms with E-state index in [0.717, 1.165) is 0 Å². The molecule has 0 aromatic heterocycles. The van der Waals surface area contributed by atoms with Crippen molar-refractivity contribution in [1.29, 1.82) is 0 Å². The highest BCUT2D eigenvalue weighted by Gasteiger charge is 2.10. The zero-order valence-electron chi connectivity index (χ0n) is 6.96. The molecule has 0 N–H and O–H groups in total. The van der Waals surface area contributed by atoms with Gasteiger partial charge in [-0.05, 0) is 28.1 Å². The van der Waals surface area contributed by atoms with Crippen LogP contribution in [0, 0.1) is 5.82 Å². The Morgan fingerprint density at radius 2 is 2.31 bits per heavy atom. The minimum atomic E-state index is -0.583. The van der Waals surface area contributed by atoms with Gasteiger partial charge in [-0.1, -0.05) is 12.1 Å². The second-order valence-electron chi connectivity index (χ2n) is 2.48. The Hall–Kier alpha value is -0.900. The maximum atomic E-state index is 12.7. The number of alkyl halides is 1. The molecule has 0 spiro atoms. The third kappa shape index (κ3) is 3.14. The molecule has 0 aliphatic rings. The van der Waals surface area contributed by atoms with Gasteiger partial charge in [0.05, 0.1) is 0 Å². The van der Waals surface area contributed by atoms with Crippen LogP contribution in [0.3, 0.4) is 0 Å². The molecule has 13 heavy (non-hydrogen) atoms. The number of rotatable bonds is 2. The number of benzene rings is 1. The van der Waals surface area contributed by atoms with E-state index in [0.29, 0.717) is 5.56 Å². The van der Waals surface area contributed by atoms with Crippen molar-refractivity contribution in [3.63, 3.8) is 0 Å². The van der Waals surface area contributed by atoms with Gasteiger partial charge in [-0.3, -0.25) is 4.79 Å². The topological polar surface area (TPSA) is 26.3 Å². The summed E-state index contributed by atoms with van der Waals surface area (Å²) in [6.45, 7) is 1.30. The molecule has 2 nitrogen and oxygen atoms in total. The molecule has 0 saturated heterocycles. The fourth-order valence-corrected chi connectivity index (χ4v) is 1.41. The summed E-state index contributed by atoms with van der Waals surface area (Å²) in [6.07, 6.45) is 0. The van der Waals surface area contributed by atoms with Crippen LogP contribution in [0.2, 0.25) is 0 Å². The summed E-state index contributed by atoms with van der Waals surface area (Å²) in [7, 11) is 0. The monoisotopic (exact) mass is 246 g/mol. The first-order chi connectivity index (χ1) is 6.09. The van der Waals surface area contributed by atoms with E-state index < -0.39 is 11.0 Å². The van der Waals surface area contributed by atoms with Crippen LogP contribution in [-0.4, -0.2) is 5.97 Å². The molecule has 0 radical (unpaired) electrons. The average molecular weight is 247 g/mol. The second-order valence-corrected chi connectivity index (χ2v) is 3.31. The fraction of sp³-hybridized carbons (Fsp3) is 0.222. The van der Waals surface area contributed by atoms with E-state index in [-0.39, 0.29) is 5.82 Å². The molecular weight excluding hydrogens is 239 g/mol. The molecule has 1 rings (SSSR count). The summed E-state index contributed by atoms with van der Waals surface area (Å²) >= 11 is 3.11. The Kier molecular flexibility index (Phi) is 3.42.